The Hall–Kier alpha value is -1.17. The van der Waals surface area contributed by atoms with Crippen molar-refractivity contribution in [3.05, 3.63) is 34.2 Å². The summed E-state index contributed by atoms with van der Waals surface area (Å²) in [6.07, 6.45) is 0. The first-order chi connectivity index (χ1) is 5.24. The maximum atomic E-state index is 9.80. The molecule has 0 aromatic heterocycles. The van der Waals surface area contributed by atoms with Gasteiger partial charge in [-0.1, -0.05) is 17.7 Å². The second-order valence-corrected chi connectivity index (χ2v) is 2.29. The Labute approximate surface area is 74.0 Å². The molecule has 5 nitrogen and oxygen atoms in total. The molecule has 66 valence electrons. The molecule has 0 unspecified atom stereocenters. The average molecular weight is 190 g/mol. The number of hydrogen-bond donors (Lipinski definition) is 2. The lowest BCUT2D eigenvalue weighted by Gasteiger charge is -2.04. The molecule has 0 saturated carbocycles. The van der Waals surface area contributed by atoms with Crippen LogP contribution < -0.4 is 11.3 Å². The Morgan fingerprint density at radius 2 is 2.17 bits per heavy atom. The van der Waals surface area contributed by atoms with Gasteiger partial charge in [-0.15, -0.1) is 10.1 Å². The summed E-state index contributed by atoms with van der Waals surface area (Å²) in [6.45, 7) is 0. The average Bonchev–Trinajstić information content (AvgIpc) is 2.03. The molecule has 0 aliphatic heterocycles. The third-order valence-electron chi connectivity index (χ3n) is 1.12. The number of hydrogen-bond acceptors (Lipinski definition) is 4. The lowest BCUT2D eigenvalue weighted by molar-refractivity contribution is 0.258. The predicted molar refractivity (Wildman–Crippen MR) is 46.5 cm³/mol. The quantitative estimate of drug-likeness (QED) is 0.552. The third-order valence-corrected chi connectivity index (χ3v) is 1.35. The van der Waals surface area contributed by atoms with Gasteiger partial charge in [0.15, 0.2) is 0 Å². The van der Waals surface area contributed by atoms with Crippen LogP contribution in [-0.2, 0) is 0 Å². The van der Waals surface area contributed by atoms with Gasteiger partial charge in [0.1, 0.15) is 0 Å². The summed E-state index contributed by atoms with van der Waals surface area (Å²) in [5.41, 5.74) is 0.243. The molecular weight excluding hydrogens is 182 g/mol. The molecule has 0 aliphatic carbocycles. The number of anilines is 1. The summed E-state index contributed by atoms with van der Waals surface area (Å²) in [5.74, 6) is 0. The molecule has 0 fully saturated rings. The molecule has 1 aromatic rings. The van der Waals surface area contributed by atoms with E-state index in [9.17, 15) is 4.91 Å². The van der Waals surface area contributed by atoms with E-state index in [-0.39, 0.29) is 17.0 Å². The topological polar surface area (TPSA) is 87.9 Å². The molecule has 0 aliphatic rings. The van der Waals surface area contributed by atoms with Crippen LogP contribution in [0.3, 0.4) is 0 Å². The summed E-state index contributed by atoms with van der Waals surface area (Å²) >= 11 is 5.56. The minimum absolute atomic E-state index is 0. The first-order valence-electron chi connectivity index (χ1n) is 2.82. The van der Waals surface area contributed by atoms with Gasteiger partial charge in [-0.05, 0) is 18.2 Å². The van der Waals surface area contributed by atoms with Crippen LogP contribution in [0.5, 0.6) is 0 Å². The molecule has 1 aromatic carbocycles. The van der Waals surface area contributed by atoms with Crippen LogP contribution in [-0.4, -0.2) is 5.21 Å². The zero-order chi connectivity index (χ0) is 8.27. The molecule has 0 atom stereocenters. The Balaban J connectivity index is 0.00000121. The fraction of sp³-hybridized carbons (Fsp3) is 0. The molecule has 6 heteroatoms. The summed E-state index contributed by atoms with van der Waals surface area (Å²) < 4.78 is 0. The summed E-state index contributed by atoms with van der Waals surface area (Å²) in [6, 6.07) is 6.16. The lowest BCUT2D eigenvalue weighted by atomic mass is 10.3. The second kappa shape index (κ2) is 4.66. The van der Waals surface area contributed by atoms with Crippen molar-refractivity contribution in [1.29, 1.82) is 0 Å². The number of nitroso groups, excluding NO2 is 1. The molecule has 0 amide bonds. The van der Waals surface area contributed by atoms with Crippen LogP contribution in [0.4, 0.5) is 5.69 Å². The van der Waals surface area contributed by atoms with E-state index in [4.69, 9.17) is 16.8 Å². The van der Waals surface area contributed by atoms with Gasteiger partial charge in [0.2, 0.25) is 0 Å². The van der Waals surface area contributed by atoms with E-state index in [2.05, 4.69) is 5.29 Å². The summed E-state index contributed by atoms with van der Waals surface area (Å²) in [4.78, 5) is 9.80. The minimum Gasteiger partial charge on any atom is -0.344 e. The van der Waals surface area contributed by atoms with E-state index in [1.165, 1.54) is 12.1 Å². The molecule has 0 radical (unpaired) electrons. The predicted octanol–water partition coefficient (Wildman–Crippen LogP) is 2.38. The van der Waals surface area contributed by atoms with Gasteiger partial charge in [-0.3, -0.25) is 5.21 Å². The van der Waals surface area contributed by atoms with Gasteiger partial charge in [-0.2, -0.15) is 0 Å². The highest BCUT2D eigenvalue weighted by Crippen LogP contribution is 2.17. The molecule has 0 heterocycles. The van der Waals surface area contributed by atoms with Gasteiger partial charge >= 0.3 is 0 Å². The van der Waals surface area contributed by atoms with Gasteiger partial charge in [-0.25, -0.2) is 0 Å². The van der Waals surface area contributed by atoms with E-state index >= 15 is 0 Å². The number of nitrogens with zero attached hydrogens (tertiary/aromatic N) is 2. The van der Waals surface area contributed by atoms with Crippen LogP contribution in [0.1, 0.15) is 0 Å². The summed E-state index contributed by atoms with van der Waals surface area (Å²) in [5, 5.41) is 11.7. The highest BCUT2D eigenvalue weighted by Gasteiger charge is 2.00. The Morgan fingerprint density at radius 1 is 1.50 bits per heavy atom. The van der Waals surface area contributed by atoms with Crippen molar-refractivity contribution in [2.45, 2.75) is 0 Å². The van der Waals surface area contributed by atoms with E-state index < -0.39 is 0 Å². The Kier molecular flexibility index (Phi) is 4.20. The highest BCUT2D eigenvalue weighted by molar-refractivity contribution is 6.30. The fourth-order valence-electron chi connectivity index (χ4n) is 0.648. The zero-order valence-corrected chi connectivity index (χ0v) is 6.90. The van der Waals surface area contributed by atoms with Crippen LogP contribution in [0.2, 0.25) is 5.02 Å². The Bertz CT molecular complexity index is 269. The first kappa shape index (κ1) is 10.8. The SMILES string of the molecule is N.O=NN(O)c1cccc(Cl)c1. The van der Waals surface area contributed by atoms with Crippen molar-refractivity contribution in [1.82, 2.24) is 6.15 Å². The van der Waals surface area contributed by atoms with Crippen molar-refractivity contribution in [2.75, 3.05) is 5.17 Å². The number of benzene rings is 1. The third kappa shape index (κ3) is 2.46. The van der Waals surface area contributed by atoms with Crippen LogP contribution in [0.15, 0.2) is 29.6 Å². The van der Waals surface area contributed by atoms with Crippen LogP contribution >= 0.6 is 11.6 Å². The molecular formula is C6H8ClN3O2. The van der Waals surface area contributed by atoms with Crippen LogP contribution in [0.25, 0.3) is 0 Å². The lowest BCUT2D eigenvalue weighted by Crippen LogP contribution is -2.07. The van der Waals surface area contributed by atoms with Crippen LogP contribution in [0, 0.1) is 4.91 Å². The minimum atomic E-state index is 0. The zero-order valence-electron chi connectivity index (χ0n) is 6.14. The molecule has 0 spiro atoms. The van der Waals surface area contributed by atoms with Gasteiger partial charge in [0.25, 0.3) is 0 Å². The van der Waals surface area contributed by atoms with Gasteiger partial charge in [0, 0.05) is 5.02 Å². The maximum absolute atomic E-state index is 9.80. The van der Waals surface area contributed by atoms with E-state index in [0.717, 1.165) is 0 Å². The smallest absolute Gasteiger partial charge is 0.0947 e. The highest BCUT2D eigenvalue weighted by atomic mass is 35.5. The van der Waals surface area contributed by atoms with Crippen molar-refractivity contribution in [3.8, 4) is 0 Å². The molecule has 0 bridgehead atoms. The normalized spacial score (nSPS) is 8.50. The fourth-order valence-corrected chi connectivity index (χ4v) is 0.832. The van der Waals surface area contributed by atoms with Crippen molar-refractivity contribution in [3.63, 3.8) is 0 Å². The first-order valence-corrected chi connectivity index (χ1v) is 3.19. The van der Waals surface area contributed by atoms with E-state index in [1.54, 1.807) is 12.1 Å². The van der Waals surface area contributed by atoms with Crippen molar-refractivity contribution >= 4 is 17.3 Å². The van der Waals surface area contributed by atoms with Crippen molar-refractivity contribution in [2.24, 2.45) is 5.29 Å². The van der Waals surface area contributed by atoms with Gasteiger partial charge in [0.05, 0.1) is 11.0 Å². The maximum Gasteiger partial charge on any atom is 0.0947 e. The second-order valence-electron chi connectivity index (χ2n) is 1.85. The number of rotatable bonds is 2. The van der Waals surface area contributed by atoms with Crippen molar-refractivity contribution < 1.29 is 5.21 Å². The molecule has 0 saturated heterocycles. The monoisotopic (exact) mass is 189 g/mol. The standard InChI is InChI=1S/C6H5ClN2O2.H3N/c7-5-2-1-3-6(4-5)9(11)8-10;/h1-4,11H;1H3. The molecule has 12 heavy (non-hydrogen) atoms. The molecule has 4 N–H and O–H groups in total. The number of halogens is 1. The van der Waals surface area contributed by atoms with E-state index in [1.807, 2.05) is 0 Å². The Morgan fingerprint density at radius 3 is 2.67 bits per heavy atom. The summed E-state index contributed by atoms with van der Waals surface area (Å²) in [7, 11) is 0. The molecule has 1 rings (SSSR count). The largest absolute Gasteiger partial charge is 0.344 e. The van der Waals surface area contributed by atoms with E-state index in [0.29, 0.717) is 5.02 Å². The van der Waals surface area contributed by atoms with Gasteiger partial charge < -0.3 is 6.15 Å².